The lowest BCUT2D eigenvalue weighted by Crippen LogP contribution is -2.48. The van der Waals surface area contributed by atoms with Crippen LogP contribution in [0.15, 0.2) is 0 Å². The molecule has 1 N–H and O–H groups in total. The molecule has 3 heteroatoms. The predicted octanol–water partition coefficient (Wildman–Crippen LogP) is 3.37. The first-order valence-corrected chi connectivity index (χ1v) is 9.53. The van der Waals surface area contributed by atoms with Crippen molar-refractivity contribution < 1.29 is 0 Å². The van der Waals surface area contributed by atoms with Crippen molar-refractivity contribution in [3.05, 3.63) is 0 Å². The first kappa shape index (κ1) is 15.7. The zero-order chi connectivity index (χ0) is 13.7. The Kier molecular flexibility index (Phi) is 6.51. The summed E-state index contributed by atoms with van der Waals surface area (Å²) in [5, 5.41) is 4.87. The minimum Gasteiger partial charge on any atom is -0.311 e. The third-order valence-corrected chi connectivity index (χ3v) is 6.34. The fraction of sp³-hybridized carbons (Fsp3) is 1.00. The highest BCUT2D eigenvalue weighted by atomic mass is 32.2. The summed E-state index contributed by atoms with van der Waals surface area (Å²) in [5.74, 6) is 0.868. The molecule has 0 aromatic rings. The van der Waals surface area contributed by atoms with Crippen LogP contribution in [0.2, 0.25) is 0 Å². The number of hydrogen-bond acceptors (Lipinski definition) is 3. The summed E-state index contributed by atoms with van der Waals surface area (Å²) in [5.41, 5.74) is 0. The van der Waals surface area contributed by atoms with Crippen LogP contribution in [0.5, 0.6) is 0 Å². The molecule has 2 fully saturated rings. The predicted molar refractivity (Wildman–Crippen MR) is 87.0 cm³/mol. The molecule has 2 unspecified atom stereocenters. The van der Waals surface area contributed by atoms with E-state index in [0.717, 1.165) is 17.2 Å². The highest BCUT2D eigenvalue weighted by Crippen LogP contribution is 2.28. The van der Waals surface area contributed by atoms with Crippen molar-refractivity contribution in [2.75, 3.05) is 25.9 Å². The van der Waals surface area contributed by atoms with Gasteiger partial charge in [-0.05, 0) is 70.7 Å². The fourth-order valence-corrected chi connectivity index (χ4v) is 4.50. The summed E-state index contributed by atoms with van der Waals surface area (Å²) in [6, 6.07) is 1.49. The van der Waals surface area contributed by atoms with Gasteiger partial charge in [-0.1, -0.05) is 6.92 Å². The maximum atomic E-state index is 3.94. The van der Waals surface area contributed by atoms with Crippen molar-refractivity contribution in [1.29, 1.82) is 0 Å². The highest BCUT2D eigenvalue weighted by molar-refractivity contribution is 7.99. The van der Waals surface area contributed by atoms with Crippen molar-refractivity contribution in [1.82, 2.24) is 10.2 Å². The van der Waals surface area contributed by atoms with Gasteiger partial charge in [0.1, 0.15) is 0 Å². The Morgan fingerprint density at radius 1 is 1.21 bits per heavy atom. The Labute approximate surface area is 124 Å². The minimum absolute atomic E-state index is 0.699. The van der Waals surface area contributed by atoms with E-state index in [0.29, 0.717) is 6.04 Å². The Bertz CT molecular complexity index is 251. The van der Waals surface area contributed by atoms with Gasteiger partial charge in [0.25, 0.3) is 0 Å². The van der Waals surface area contributed by atoms with E-state index < -0.39 is 0 Å². The Morgan fingerprint density at radius 2 is 1.95 bits per heavy atom. The van der Waals surface area contributed by atoms with Crippen LogP contribution >= 0.6 is 11.8 Å². The van der Waals surface area contributed by atoms with Crippen LogP contribution < -0.4 is 5.32 Å². The van der Waals surface area contributed by atoms with Gasteiger partial charge in [0, 0.05) is 23.9 Å². The van der Waals surface area contributed by atoms with Gasteiger partial charge in [0.15, 0.2) is 0 Å². The van der Waals surface area contributed by atoms with Crippen molar-refractivity contribution in [3.8, 4) is 0 Å². The maximum absolute atomic E-state index is 3.94. The molecule has 0 bridgehead atoms. The molecule has 0 aromatic carbocycles. The smallest absolute Gasteiger partial charge is 0.00818 e. The normalized spacial score (nSPS) is 35.2. The molecular weight excluding hydrogens is 252 g/mol. The van der Waals surface area contributed by atoms with Crippen LogP contribution in [0, 0.1) is 5.92 Å². The van der Waals surface area contributed by atoms with Gasteiger partial charge in [0.05, 0.1) is 0 Å². The Balaban J connectivity index is 1.73. The summed E-state index contributed by atoms with van der Waals surface area (Å²) in [4.78, 5) is 2.62. The molecule has 0 spiro atoms. The molecule has 1 saturated carbocycles. The van der Waals surface area contributed by atoms with Crippen molar-refractivity contribution in [3.63, 3.8) is 0 Å². The summed E-state index contributed by atoms with van der Waals surface area (Å²) < 4.78 is 0. The first-order chi connectivity index (χ1) is 9.22. The molecule has 19 heavy (non-hydrogen) atoms. The van der Waals surface area contributed by atoms with Gasteiger partial charge in [-0.15, -0.1) is 0 Å². The second-order valence-corrected chi connectivity index (χ2v) is 7.60. The number of hydrogen-bond donors (Lipinski definition) is 1. The third-order valence-electron chi connectivity index (χ3n) is 5.20. The highest BCUT2D eigenvalue weighted by Gasteiger charge is 2.27. The molecule has 1 heterocycles. The zero-order valence-corrected chi connectivity index (χ0v) is 13.8. The molecular formula is C16H32N2S. The summed E-state index contributed by atoms with van der Waals surface area (Å²) in [6.07, 6.45) is 10.7. The van der Waals surface area contributed by atoms with Gasteiger partial charge in [-0.25, -0.2) is 0 Å². The SMILES string of the molecule is CCN1CCCC(C(C)NC2CCC(SC)CC2)C1. The average Bonchev–Trinajstić information content (AvgIpc) is 2.48. The molecule has 0 aromatic heterocycles. The summed E-state index contributed by atoms with van der Waals surface area (Å²) in [6.45, 7) is 8.57. The molecule has 1 saturated heterocycles. The number of nitrogens with zero attached hydrogens (tertiary/aromatic N) is 1. The number of nitrogens with one attached hydrogen (secondary N) is 1. The van der Waals surface area contributed by atoms with Crippen LogP contribution in [-0.4, -0.2) is 48.1 Å². The average molecular weight is 285 g/mol. The lowest BCUT2D eigenvalue weighted by Gasteiger charge is -2.38. The summed E-state index contributed by atoms with van der Waals surface area (Å²) in [7, 11) is 0. The van der Waals surface area contributed by atoms with Crippen LogP contribution in [-0.2, 0) is 0 Å². The van der Waals surface area contributed by atoms with Crippen LogP contribution in [0.3, 0.4) is 0 Å². The fourth-order valence-electron chi connectivity index (χ4n) is 3.76. The second kappa shape index (κ2) is 7.90. The lowest BCUT2D eigenvalue weighted by atomic mass is 9.89. The van der Waals surface area contributed by atoms with E-state index in [1.165, 1.54) is 58.2 Å². The molecule has 2 nitrogen and oxygen atoms in total. The molecule has 0 amide bonds. The third kappa shape index (κ3) is 4.64. The van der Waals surface area contributed by atoms with Crippen LogP contribution in [0.4, 0.5) is 0 Å². The van der Waals surface area contributed by atoms with E-state index >= 15 is 0 Å². The first-order valence-electron chi connectivity index (χ1n) is 8.24. The molecule has 1 aliphatic carbocycles. The van der Waals surface area contributed by atoms with E-state index in [9.17, 15) is 0 Å². The van der Waals surface area contributed by atoms with E-state index in [1.807, 2.05) is 0 Å². The van der Waals surface area contributed by atoms with Crippen molar-refractivity contribution >= 4 is 11.8 Å². The van der Waals surface area contributed by atoms with Gasteiger partial charge < -0.3 is 10.2 Å². The van der Waals surface area contributed by atoms with E-state index in [-0.39, 0.29) is 0 Å². The largest absolute Gasteiger partial charge is 0.311 e. The Hall–Kier alpha value is 0.270. The quantitative estimate of drug-likeness (QED) is 0.833. The molecule has 2 rings (SSSR count). The minimum atomic E-state index is 0.699. The van der Waals surface area contributed by atoms with E-state index in [2.05, 4.69) is 42.1 Å². The topological polar surface area (TPSA) is 15.3 Å². The standard InChI is InChI=1S/C16H32N2S/c1-4-18-11-5-6-14(12-18)13(2)17-15-7-9-16(19-3)10-8-15/h13-17H,4-12H2,1-3H3. The number of piperidine rings is 1. The lowest BCUT2D eigenvalue weighted by molar-refractivity contribution is 0.149. The molecule has 112 valence electrons. The number of likely N-dealkylation sites (tertiary alicyclic amines) is 1. The van der Waals surface area contributed by atoms with Crippen LogP contribution in [0.25, 0.3) is 0 Å². The molecule has 2 atom stereocenters. The van der Waals surface area contributed by atoms with Crippen LogP contribution in [0.1, 0.15) is 52.4 Å². The molecule has 0 radical (unpaired) electrons. The monoisotopic (exact) mass is 284 g/mol. The van der Waals surface area contributed by atoms with E-state index in [1.54, 1.807) is 0 Å². The van der Waals surface area contributed by atoms with Gasteiger partial charge in [-0.2, -0.15) is 11.8 Å². The Morgan fingerprint density at radius 3 is 2.58 bits per heavy atom. The van der Waals surface area contributed by atoms with E-state index in [4.69, 9.17) is 0 Å². The van der Waals surface area contributed by atoms with Crippen molar-refractivity contribution in [2.45, 2.75) is 69.7 Å². The molecule has 2 aliphatic rings. The number of rotatable bonds is 5. The molecule has 1 aliphatic heterocycles. The number of thioether (sulfide) groups is 1. The zero-order valence-electron chi connectivity index (χ0n) is 13.0. The van der Waals surface area contributed by atoms with Crippen molar-refractivity contribution in [2.24, 2.45) is 5.92 Å². The van der Waals surface area contributed by atoms with Gasteiger partial charge in [0.2, 0.25) is 0 Å². The summed E-state index contributed by atoms with van der Waals surface area (Å²) >= 11 is 2.06. The maximum Gasteiger partial charge on any atom is 0.00818 e. The second-order valence-electron chi connectivity index (χ2n) is 6.46. The van der Waals surface area contributed by atoms with Gasteiger partial charge in [-0.3, -0.25) is 0 Å². The van der Waals surface area contributed by atoms with Gasteiger partial charge >= 0.3 is 0 Å².